The Labute approximate surface area is 199 Å². The Hall–Kier alpha value is -2.26. The summed E-state index contributed by atoms with van der Waals surface area (Å²) >= 11 is 6.13. The van der Waals surface area contributed by atoms with Crippen molar-refractivity contribution in [1.82, 2.24) is 20.4 Å². The Kier molecular flexibility index (Phi) is 7.98. The predicted octanol–water partition coefficient (Wildman–Crippen LogP) is 4.09. The van der Waals surface area contributed by atoms with Crippen molar-refractivity contribution in [2.24, 2.45) is 4.99 Å². The Morgan fingerprint density at radius 1 is 1.17 bits per heavy atom. The van der Waals surface area contributed by atoms with Gasteiger partial charge < -0.3 is 15.5 Å². The number of halogens is 2. The number of anilines is 1. The van der Waals surface area contributed by atoms with Crippen molar-refractivity contribution >= 4 is 47.2 Å². The summed E-state index contributed by atoms with van der Waals surface area (Å²) in [6.45, 7) is 2.65. The maximum absolute atomic E-state index is 6.13. The van der Waals surface area contributed by atoms with E-state index < -0.39 is 0 Å². The molecule has 0 saturated carbocycles. The molecule has 0 amide bonds. The van der Waals surface area contributed by atoms with Gasteiger partial charge in [0.05, 0.1) is 5.69 Å². The fourth-order valence-electron chi connectivity index (χ4n) is 3.55. The zero-order valence-electron chi connectivity index (χ0n) is 16.8. The van der Waals surface area contributed by atoms with E-state index in [1.54, 1.807) is 13.2 Å². The number of rotatable bonds is 5. The van der Waals surface area contributed by atoms with Crippen molar-refractivity contribution in [1.29, 1.82) is 0 Å². The summed E-state index contributed by atoms with van der Waals surface area (Å²) in [6.07, 6.45) is 4.78. The Bertz CT molecular complexity index is 958. The first kappa shape index (κ1) is 22.4. The van der Waals surface area contributed by atoms with E-state index in [0.717, 1.165) is 36.2 Å². The maximum Gasteiger partial charge on any atom is 0.191 e. The van der Waals surface area contributed by atoms with Crippen molar-refractivity contribution in [2.75, 3.05) is 25.0 Å². The van der Waals surface area contributed by atoms with E-state index in [-0.39, 0.29) is 24.0 Å². The number of aliphatic imine (C=N–C) groups is 1. The Morgan fingerprint density at radius 3 is 2.70 bits per heavy atom. The average Bonchev–Trinajstić information content (AvgIpc) is 3.44. The van der Waals surface area contributed by atoms with Crippen molar-refractivity contribution in [3.63, 3.8) is 0 Å². The second kappa shape index (κ2) is 10.7. The van der Waals surface area contributed by atoms with Gasteiger partial charge >= 0.3 is 0 Å². The van der Waals surface area contributed by atoms with Crippen LogP contribution in [0.15, 0.2) is 72.0 Å². The highest BCUT2D eigenvalue weighted by molar-refractivity contribution is 14.0. The molecule has 1 saturated heterocycles. The minimum Gasteiger partial charge on any atom is -0.369 e. The molecule has 0 radical (unpaired) electrons. The Balaban J connectivity index is 0.00000256. The van der Waals surface area contributed by atoms with E-state index in [1.165, 1.54) is 11.3 Å². The number of nitrogens with one attached hydrogen (secondary N) is 2. The minimum atomic E-state index is 0. The van der Waals surface area contributed by atoms with Gasteiger partial charge in [-0.1, -0.05) is 29.8 Å². The van der Waals surface area contributed by atoms with Crippen LogP contribution in [0, 0.1) is 0 Å². The molecule has 6 nitrogen and oxygen atoms in total. The summed E-state index contributed by atoms with van der Waals surface area (Å²) in [7, 11) is 1.81. The van der Waals surface area contributed by atoms with E-state index in [4.69, 9.17) is 11.6 Å². The molecule has 30 heavy (non-hydrogen) atoms. The number of guanidine groups is 1. The Morgan fingerprint density at radius 2 is 2.00 bits per heavy atom. The van der Waals surface area contributed by atoms with E-state index in [9.17, 15) is 0 Å². The lowest BCUT2D eigenvalue weighted by molar-refractivity contribution is 0.648. The summed E-state index contributed by atoms with van der Waals surface area (Å²) in [5.41, 5.74) is 3.41. The van der Waals surface area contributed by atoms with Crippen molar-refractivity contribution in [3.05, 3.63) is 77.6 Å². The molecule has 8 heteroatoms. The van der Waals surface area contributed by atoms with Gasteiger partial charge in [-0.05, 0) is 48.4 Å². The second-order valence-corrected chi connectivity index (χ2v) is 7.54. The second-order valence-electron chi connectivity index (χ2n) is 7.10. The standard InChI is InChI=1S/C22H25ClN6.HI/c1-24-22(25-15-17-6-8-20(9-7-17)29-12-3-11-26-29)27-19-10-13-28(16-19)21-5-2-4-18(23)14-21;/h2-9,11-12,14,19H,10,13,15-16H2,1H3,(H2,24,25,27);1H. The smallest absolute Gasteiger partial charge is 0.191 e. The molecular weight excluding hydrogens is 511 g/mol. The lowest BCUT2D eigenvalue weighted by Gasteiger charge is -2.20. The molecule has 0 bridgehead atoms. The van der Waals surface area contributed by atoms with Crippen molar-refractivity contribution in [3.8, 4) is 5.69 Å². The highest BCUT2D eigenvalue weighted by atomic mass is 127. The molecule has 1 unspecified atom stereocenters. The summed E-state index contributed by atoms with van der Waals surface area (Å²) in [5.74, 6) is 0.819. The van der Waals surface area contributed by atoms with Crippen LogP contribution in [0.3, 0.4) is 0 Å². The van der Waals surface area contributed by atoms with Crippen LogP contribution < -0.4 is 15.5 Å². The van der Waals surface area contributed by atoms with Gasteiger partial charge in [0.25, 0.3) is 0 Å². The van der Waals surface area contributed by atoms with Gasteiger partial charge in [0, 0.05) is 55.8 Å². The van der Waals surface area contributed by atoms with E-state index in [1.807, 2.05) is 35.1 Å². The van der Waals surface area contributed by atoms with Crippen LogP contribution in [0.1, 0.15) is 12.0 Å². The highest BCUT2D eigenvalue weighted by Gasteiger charge is 2.23. The number of aromatic nitrogens is 2. The van der Waals surface area contributed by atoms with Crippen LogP contribution in [0.2, 0.25) is 5.02 Å². The zero-order chi connectivity index (χ0) is 20.1. The van der Waals surface area contributed by atoms with Gasteiger partial charge in [-0.15, -0.1) is 24.0 Å². The third kappa shape index (κ3) is 5.66. The predicted molar refractivity (Wildman–Crippen MR) is 134 cm³/mol. The molecule has 2 N–H and O–H groups in total. The minimum absolute atomic E-state index is 0. The van der Waals surface area contributed by atoms with Crippen molar-refractivity contribution in [2.45, 2.75) is 19.0 Å². The molecule has 158 valence electrons. The van der Waals surface area contributed by atoms with Crippen LogP contribution in [0.25, 0.3) is 5.69 Å². The quantitative estimate of drug-likeness (QED) is 0.293. The van der Waals surface area contributed by atoms with Crippen LogP contribution >= 0.6 is 35.6 Å². The number of hydrogen-bond donors (Lipinski definition) is 2. The van der Waals surface area contributed by atoms with Gasteiger partial charge in [0.1, 0.15) is 0 Å². The summed E-state index contributed by atoms with van der Waals surface area (Å²) in [6, 6.07) is 18.6. The number of hydrogen-bond acceptors (Lipinski definition) is 3. The lowest BCUT2D eigenvalue weighted by atomic mass is 10.2. The molecule has 1 fully saturated rings. The SMILES string of the molecule is CN=C(NCc1ccc(-n2cccn2)cc1)NC1CCN(c2cccc(Cl)c2)C1.I. The number of benzene rings is 2. The van der Waals surface area contributed by atoms with Gasteiger partial charge in [0.15, 0.2) is 5.96 Å². The first-order chi connectivity index (χ1) is 14.2. The molecule has 2 aromatic carbocycles. The molecule has 1 atom stereocenters. The normalized spacial score (nSPS) is 16.3. The van der Waals surface area contributed by atoms with Crippen molar-refractivity contribution < 1.29 is 0 Å². The van der Waals surface area contributed by atoms with E-state index in [2.05, 4.69) is 56.0 Å². The third-order valence-corrected chi connectivity index (χ3v) is 5.33. The fraction of sp³-hybridized carbons (Fsp3) is 0.273. The topological polar surface area (TPSA) is 57.5 Å². The number of nitrogens with zero attached hydrogens (tertiary/aromatic N) is 4. The molecule has 1 aromatic heterocycles. The van der Waals surface area contributed by atoms with Gasteiger partial charge in [0.2, 0.25) is 0 Å². The molecule has 0 spiro atoms. The van der Waals surface area contributed by atoms with E-state index in [0.29, 0.717) is 12.6 Å². The molecule has 3 aromatic rings. The van der Waals surface area contributed by atoms with Crippen LogP contribution in [-0.2, 0) is 6.54 Å². The first-order valence-electron chi connectivity index (χ1n) is 9.78. The molecule has 4 rings (SSSR count). The summed E-state index contributed by atoms with van der Waals surface area (Å²) in [4.78, 5) is 6.73. The summed E-state index contributed by atoms with van der Waals surface area (Å²) < 4.78 is 1.85. The third-order valence-electron chi connectivity index (χ3n) is 5.09. The van der Waals surface area contributed by atoms with E-state index >= 15 is 0 Å². The maximum atomic E-state index is 6.13. The first-order valence-corrected chi connectivity index (χ1v) is 10.2. The van der Waals surface area contributed by atoms with Crippen LogP contribution in [-0.4, -0.2) is 41.9 Å². The van der Waals surface area contributed by atoms with Crippen LogP contribution in [0.4, 0.5) is 5.69 Å². The summed E-state index contributed by atoms with van der Waals surface area (Å²) in [5, 5.41) is 12.0. The molecule has 0 aliphatic carbocycles. The zero-order valence-corrected chi connectivity index (χ0v) is 19.9. The lowest BCUT2D eigenvalue weighted by Crippen LogP contribution is -2.44. The molecular formula is C22H26ClIN6. The van der Waals surface area contributed by atoms with Crippen LogP contribution in [0.5, 0.6) is 0 Å². The highest BCUT2D eigenvalue weighted by Crippen LogP contribution is 2.23. The van der Waals surface area contributed by atoms with Gasteiger partial charge in [-0.2, -0.15) is 5.10 Å². The monoisotopic (exact) mass is 536 g/mol. The fourth-order valence-corrected chi connectivity index (χ4v) is 3.73. The molecule has 1 aliphatic rings. The average molecular weight is 537 g/mol. The van der Waals surface area contributed by atoms with Gasteiger partial charge in [-0.25, -0.2) is 4.68 Å². The van der Waals surface area contributed by atoms with Gasteiger partial charge in [-0.3, -0.25) is 4.99 Å². The largest absolute Gasteiger partial charge is 0.369 e. The molecule has 1 aliphatic heterocycles. The molecule has 2 heterocycles.